The van der Waals surface area contributed by atoms with Gasteiger partial charge < -0.3 is 5.73 Å². The van der Waals surface area contributed by atoms with Crippen molar-refractivity contribution in [2.24, 2.45) is 5.73 Å². The third-order valence-corrected chi connectivity index (χ3v) is 4.76. The second-order valence-electron chi connectivity index (χ2n) is 4.75. The van der Waals surface area contributed by atoms with E-state index in [1.807, 2.05) is 27.7 Å². The summed E-state index contributed by atoms with van der Waals surface area (Å²) < 4.78 is 23.2. The van der Waals surface area contributed by atoms with Gasteiger partial charge in [0.05, 0.1) is 5.75 Å². The highest BCUT2D eigenvalue weighted by Gasteiger charge is 2.24. The lowest BCUT2D eigenvalue weighted by Gasteiger charge is -2.36. The van der Waals surface area contributed by atoms with E-state index < -0.39 is 9.84 Å². The van der Waals surface area contributed by atoms with Crippen LogP contribution in [0.1, 0.15) is 34.1 Å². The van der Waals surface area contributed by atoms with Gasteiger partial charge in [-0.15, -0.1) is 0 Å². The first-order valence-corrected chi connectivity index (χ1v) is 7.76. The van der Waals surface area contributed by atoms with E-state index in [1.165, 1.54) is 0 Å². The van der Waals surface area contributed by atoms with E-state index in [0.717, 1.165) is 6.54 Å². The zero-order chi connectivity index (χ0) is 12.8. The molecule has 0 aromatic heterocycles. The Morgan fingerprint density at radius 2 is 1.75 bits per heavy atom. The fraction of sp³-hybridized carbons (Fsp3) is 1.00. The minimum atomic E-state index is -2.89. The van der Waals surface area contributed by atoms with Gasteiger partial charge in [-0.05, 0) is 26.8 Å². The first-order chi connectivity index (χ1) is 7.29. The van der Waals surface area contributed by atoms with E-state index in [0.29, 0.717) is 19.5 Å². The van der Waals surface area contributed by atoms with Crippen LogP contribution in [0.25, 0.3) is 0 Å². The predicted octanol–water partition coefficient (Wildman–Crippen LogP) is 0.870. The first-order valence-electron chi connectivity index (χ1n) is 5.94. The molecule has 2 N–H and O–H groups in total. The Labute approximate surface area is 100 Å². The number of nitrogens with zero attached hydrogens (tertiary/aromatic N) is 1. The summed E-state index contributed by atoms with van der Waals surface area (Å²) in [7, 11) is -2.89. The molecule has 0 heterocycles. The molecule has 0 aliphatic carbocycles. The summed E-state index contributed by atoms with van der Waals surface area (Å²) in [5, 5.41) is 0. The first kappa shape index (κ1) is 15.9. The molecular weight excluding hydrogens is 224 g/mol. The predicted molar refractivity (Wildman–Crippen MR) is 69.3 cm³/mol. The van der Waals surface area contributed by atoms with E-state index in [2.05, 4.69) is 4.90 Å². The molecule has 5 heteroatoms. The normalized spacial score (nSPS) is 13.4. The molecule has 98 valence electrons. The molecule has 0 aromatic rings. The summed E-state index contributed by atoms with van der Waals surface area (Å²) in [4.78, 5) is 2.13. The highest BCUT2D eigenvalue weighted by Crippen LogP contribution is 2.12. The molecule has 0 radical (unpaired) electrons. The Kier molecular flexibility index (Phi) is 6.51. The van der Waals surface area contributed by atoms with Crippen molar-refractivity contribution >= 4 is 9.84 Å². The van der Waals surface area contributed by atoms with Crippen molar-refractivity contribution in [3.63, 3.8) is 0 Å². The second-order valence-corrected chi connectivity index (χ2v) is 7.05. The van der Waals surface area contributed by atoms with Gasteiger partial charge in [-0.25, -0.2) is 8.42 Å². The molecule has 0 rings (SSSR count). The van der Waals surface area contributed by atoms with Crippen LogP contribution in [0.2, 0.25) is 0 Å². The summed E-state index contributed by atoms with van der Waals surface area (Å²) >= 11 is 0. The van der Waals surface area contributed by atoms with E-state index in [-0.39, 0.29) is 17.0 Å². The SMILES string of the molecule is CCCS(=O)(=O)CCN(CC)C(C)(C)CN. The van der Waals surface area contributed by atoms with Crippen molar-refractivity contribution in [2.45, 2.75) is 39.7 Å². The molecule has 0 atom stereocenters. The Bertz CT molecular complexity index is 286. The quantitative estimate of drug-likeness (QED) is 0.694. The topological polar surface area (TPSA) is 63.4 Å². The van der Waals surface area contributed by atoms with Crippen molar-refractivity contribution in [1.29, 1.82) is 0 Å². The van der Waals surface area contributed by atoms with Crippen LogP contribution in [0.5, 0.6) is 0 Å². The molecule has 0 aromatic carbocycles. The molecule has 0 amide bonds. The smallest absolute Gasteiger partial charge is 0.151 e. The Morgan fingerprint density at radius 1 is 1.19 bits per heavy atom. The average molecular weight is 250 g/mol. The highest BCUT2D eigenvalue weighted by atomic mass is 32.2. The Hall–Kier alpha value is -0.130. The summed E-state index contributed by atoms with van der Waals surface area (Å²) in [5.41, 5.74) is 5.56. The van der Waals surface area contributed by atoms with Crippen molar-refractivity contribution in [2.75, 3.05) is 31.1 Å². The maximum atomic E-state index is 11.6. The lowest BCUT2D eigenvalue weighted by molar-refractivity contribution is 0.143. The zero-order valence-electron chi connectivity index (χ0n) is 11.0. The van der Waals surface area contributed by atoms with Crippen LogP contribution < -0.4 is 5.73 Å². The van der Waals surface area contributed by atoms with E-state index in [9.17, 15) is 8.42 Å². The zero-order valence-corrected chi connectivity index (χ0v) is 11.8. The second kappa shape index (κ2) is 6.57. The standard InChI is InChI=1S/C11H26N2O2S/c1-5-8-16(14,15)9-7-13(6-2)11(3,4)10-12/h5-10,12H2,1-4H3. The minimum absolute atomic E-state index is 0.128. The number of hydrogen-bond donors (Lipinski definition) is 1. The van der Waals surface area contributed by atoms with E-state index in [1.54, 1.807) is 0 Å². The van der Waals surface area contributed by atoms with Crippen LogP contribution in [0.3, 0.4) is 0 Å². The van der Waals surface area contributed by atoms with E-state index in [4.69, 9.17) is 5.73 Å². The van der Waals surface area contributed by atoms with Gasteiger partial charge in [-0.1, -0.05) is 13.8 Å². The van der Waals surface area contributed by atoms with Crippen LogP contribution >= 0.6 is 0 Å². The molecule has 4 nitrogen and oxygen atoms in total. The number of hydrogen-bond acceptors (Lipinski definition) is 4. The van der Waals surface area contributed by atoms with Crippen molar-refractivity contribution in [3.05, 3.63) is 0 Å². The lowest BCUT2D eigenvalue weighted by atomic mass is 10.0. The molecule has 0 unspecified atom stereocenters. The van der Waals surface area contributed by atoms with Crippen molar-refractivity contribution < 1.29 is 8.42 Å². The molecule has 0 bridgehead atoms. The fourth-order valence-electron chi connectivity index (χ4n) is 1.68. The maximum absolute atomic E-state index is 11.6. The molecule has 0 aliphatic rings. The third kappa shape index (κ3) is 5.27. The van der Waals surface area contributed by atoms with Crippen LogP contribution in [-0.2, 0) is 9.84 Å². The lowest BCUT2D eigenvalue weighted by Crippen LogP contribution is -2.50. The van der Waals surface area contributed by atoms with Crippen molar-refractivity contribution in [3.8, 4) is 0 Å². The maximum Gasteiger partial charge on any atom is 0.151 e. The number of rotatable bonds is 8. The summed E-state index contributed by atoms with van der Waals surface area (Å²) in [5.74, 6) is 0.520. The molecule has 16 heavy (non-hydrogen) atoms. The third-order valence-electron chi connectivity index (χ3n) is 2.92. The average Bonchev–Trinajstić information content (AvgIpc) is 2.18. The molecule has 0 saturated heterocycles. The van der Waals surface area contributed by atoms with Gasteiger partial charge in [0.15, 0.2) is 9.84 Å². The Morgan fingerprint density at radius 3 is 2.12 bits per heavy atom. The van der Waals surface area contributed by atoms with Gasteiger partial charge in [0.1, 0.15) is 0 Å². The number of likely N-dealkylation sites (N-methyl/N-ethyl adjacent to an activating group) is 1. The van der Waals surface area contributed by atoms with Gasteiger partial charge in [-0.2, -0.15) is 0 Å². The summed E-state index contributed by atoms with van der Waals surface area (Å²) in [6.07, 6.45) is 0.689. The van der Waals surface area contributed by atoms with E-state index >= 15 is 0 Å². The van der Waals surface area contributed by atoms with Crippen LogP contribution in [0, 0.1) is 0 Å². The van der Waals surface area contributed by atoms with Crippen molar-refractivity contribution in [1.82, 2.24) is 4.90 Å². The van der Waals surface area contributed by atoms with Gasteiger partial charge in [0, 0.05) is 24.4 Å². The Balaban J connectivity index is 4.37. The summed E-state index contributed by atoms with van der Waals surface area (Å²) in [6, 6.07) is 0. The number of nitrogens with two attached hydrogens (primary N) is 1. The minimum Gasteiger partial charge on any atom is -0.329 e. The molecule has 0 saturated carbocycles. The molecule has 0 fully saturated rings. The van der Waals surface area contributed by atoms with Gasteiger partial charge in [0.2, 0.25) is 0 Å². The van der Waals surface area contributed by atoms with Crippen LogP contribution in [-0.4, -0.2) is 50.0 Å². The molecular formula is C11H26N2O2S. The summed E-state index contributed by atoms with van der Waals surface area (Å²) in [6.45, 7) is 9.94. The van der Waals surface area contributed by atoms with Gasteiger partial charge in [-0.3, -0.25) is 4.90 Å². The highest BCUT2D eigenvalue weighted by molar-refractivity contribution is 7.91. The van der Waals surface area contributed by atoms with Crippen LogP contribution in [0.4, 0.5) is 0 Å². The largest absolute Gasteiger partial charge is 0.329 e. The molecule has 0 spiro atoms. The van der Waals surface area contributed by atoms with Crippen LogP contribution in [0.15, 0.2) is 0 Å². The number of sulfone groups is 1. The van der Waals surface area contributed by atoms with Gasteiger partial charge in [0.25, 0.3) is 0 Å². The monoisotopic (exact) mass is 250 g/mol. The fourth-order valence-corrected chi connectivity index (χ4v) is 3.00. The molecule has 0 aliphatic heterocycles. The van der Waals surface area contributed by atoms with Gasteiger partial charge >= 0.3 is 0 Å².